The fourth-order valence-electron chi connectivity index (χ4n) is 3.01. The van der Waals surface area contributed by atoms with Gasteiger partial charge in [-0.3, -0.25) is 4.79 Å². The van der Waals surface area contributed by atoms with Crippen LogP contribution in [0.15, 0.2) is 57.8 Å². The van der Waals surface area contributed by atoms with Crippen LogP contribution in [0.2, 0.25) is 0 Å². The fourth-order valence-corrected chi connectivity index (χ4v) is 3.96. The smallest absolute Gasteiger partial charge is 0.302 e. The monoisotopic (exact) mass is 442 g/mol. The molecule has 2 aromatic carbocycles. The number of ether oxygens (including phenoxy) is 1. The van der Waals surface area contributed by atoms with Crippen molar-refractivity contribution in [3.05, 3.63) is 77.0 Å². The molecule has 8 heteroatoms. The number of carbonyl (C=O) groups is 1. The highest BCUT2D eigenvalue weighted by Crippen LogP contribution is 2.19. The number of benzene rings is 2. The van der Waals surface area contributed by atoms with Gasteiger partial charge in [0.2, 0.25) is 5.76 Å². The topological polar surface area (TPSA) is 98.5 Å². The Morgan fingerprint density at radius 1 is 1.13 bits per heavy atom. The Morgan fingerprint density at radius 3 is 2.48 bits per heavy atom. The van der Waals surface area contributed by atoms with Gasteiger partial charge in [-0.2, -0.15) is 0 Å². The number of carbonyl (C=O) groups excluding carboxylic acids is 1. The number of aromatic nitrogens is 1. The first-order valence-corrected chi connectivity index (χ1v) is 11.4. The van der Waals surface area contributed by atoms with Crippen LogP contribution in [0.1, 0.15) is 47.1 Å². The van der Waals surface area contributed by atoms with Gasteiger partial charge in [0.25, 0.3) is 10.0 Å². The van der Waals surface area contributed by atoms with Gasteiger partial charge in [0.05, 0.1) is 10.6 Å². The van der Waals surface area contributed by atoms with E-state index in [0.717, 1.165) is 11.1 Å². The standard InChI is InChI=1S/C23H26N2O5S/c1-15(2)12-21-24-17(4)22(30-21)23(26)25-31(27,28)20-10-8-19(9-11-20)29-14-18-7-5-6-16(3)13-18/h5-11,13,15H,12,14H2,1-4H3,(H,25,26). The second-order valence-corrected chi connectivity index (χ2v) is 9.49. The summed E-state index contributed by atoms with van der Waals surface area (Å²) >= 11 is 0. The van der Waals surface area contributed by atoms with Crippen molar-refractivity contribution in [2.75, 3.05) is 0 Å². The molecular weight excluding hydrogens is 416 g/mol. The van der Waals surface area contributed by atoms with Crippen LogP contribution in [-0.4, -0.2) is 19.3 Å². The predicted molar refractivity (Wildman–Crippen MR) is 116 cm³/mol. The van der Waals surface area contributed by atoms with Crippen molar-refractivity contribution < 1.29 is 22.4 Å². The molecule has 164 valence electrons. The average Bonchev–Trinajstić information content (AvgIpc) is 3.06. The molecule has 1 heterocycles. The summed E-state index contributed by atoms with van der Waals surface area (Å²) in [5.74, 6) is 0.280. The molecule has 0 fully saturated rings. The third kappa shape index (κ3) is 5.95. The maximum absolute atomic E-state index is 12.6. The Kier molecular flexibility index (Phi) is 6.80. The minimum atomic E-state index is -4.07. The van der Waals surface area contributed by atoms with Crippen molar-refractivity contribution in [2.45, 2.75) is 45.6 Å². The Hall–Kier alpha value is -3.13. The Morgan fingerprint density at radius 2 is 1.84 bits per heavy atom. The number of hydrogen-bond donors (Lipinski definition) is 1. The van der Waals surface area contributed by atoms with Crippen LogP contribution in [-0.2, 0) is 23.1 Å². The van der Waals surface area contributed by atoms with E-state index in [9.17, 15) is 13.2 Å². The van der Waals surface area contributed by atoms with Crippen molar-refractivity contribution in [1.29, 1.82) is 0 Å². The molecule has 7 nitrogen and oxygen atoms in total. The molecule has 1 amide bonds. The van der Waals surface area contributed by atoms with E-state index in [1.165, 1.54) is 12.1 Å². The number of nitrogens with zero attached hydrogens (tertiary/aromatic N) is 1. The average molecular weight is 443 g/mol. The van der Waals surface area contributed by atoms with Gasteiger partial charge in [-0.25, -0.2) is 18.1 Å². The zero-order valence-electron chi connectivity index (χ0n) is 18.0. The first-order valence-electron chi connectivity index (χ1n) is 9.96. The summed E-state index contributed by atoms with van der Waals surface area (Å²) in [5.41, 5.74) is 2.50. The SMILES string of the molecule is Cc1cccc(COc2ccc(S(=O)(=O)NC(=O)c3oc(CC(C)C)nc3C)cc2)c1. The number of oxazole rings is 1. The molecule has 0 spiro atoms. The Bertz CT molecular complexity index is 1160. The van der Waals surface area contributed by atoms with Gasteiger partial charge >= 0.3 is 5.91 Å². The molecule has 0 aliphatic heterocycles. The van der Waals surface area contributed by atoms with Crippen LogP contribution < -0.4 is 9.46 Å². The highest BCUT2D eigenvalue weighted by atomic mass is 32.2. The van der Waals surface area contributed by atoms with Crippen molar-refractivity contribution in [1.82, 2.24) is 9.71 Å². The van der Waals surface area contributed by atoms with Gasteiger partial charge in [-0.05, 0) is 49.6 Å². The van der Waals surface area contributed by atoms with Crippen LogP contribution in [0, 0.1) is 19.8 Å². The first kappa shape index (κ1) is 22.6. The Balaban J connectivity index is 1.66. The van der Waals surface area contributed by atoms with Crippen molar-refractivity contribution in [3.8, 4) is 5.75 Å². The number of aryl methyl sites for hydroxylation is 2. The van der Waals surface area contributed by atoms with Gasteiger partial charge in [0, 0.05) is 6.42 Å². The Labute approximate surface area is 182 Å². The van der Waals surface area contributed by atoms with Gasteiger partial charge < -0.3 is 9.15 Å². The molecule has 0 bridgehead atoms. The van der Waals surface area contributed by atoms with E-state index in [1.807, 2.05) is 49.8 Å². The van der Waals surface area contributed by atoms with E-state index in [0.29, 0.717) is 36.3 Å². The minimum absolute atomic E-state index is 0.0525. The molecule has 0 radical (unpaired) electrons. The summed E-state index contributed by atoms with van der Waals surface area (Å²) in [6.07, 6.45) is 0.560. The summed E-state index contributed by atoms with van der Waals surface area (Å²) in [6.45, 7) is 7.97. The fraction of sp³-hybridized carbons (Fsp3) is 0.304. The summed E-state index contributed by atoms with van der Waals surface area (Å²) in [4.78, 5) is 16.6. The van der Waals surface area contributed by atoms with Crippen molar-refractivity contribution >= 4 is 15.9 Å². The van der Waals surface area contributed by atoms with E-state index in [-0.39, 0.29) is 10.7 Å². The zero-order valence-corrected chi connectivity index (χ0v) is 18.8. The first-order chi connectivity index (χ1) is 14.6. The van der Waals surface area contributed by atoms with Gasteiger partial charge in [-0.15, -0.1) is 0 Å². The maximum Gasteiger partial charge on any atom is 0.302 e. The number of sulfonamides is 1. The molecule has 0 saturated heterocycles. The predicted octanol–water partition coefficient (Wildman–Crippen LogP) is 4.19. The van der Waals surface area contributed by atoms with Crippen LogP contribution >= 0.6 is 0 Å². The van der Waals surface area contributed by atoms with Gasteiger partial charge in [-0.1, -0.05) is 43.7 Å². The molecule has 0 saturated carbocycles. The van der Waals surface area contributed by atoms with E-state index in [1.54, 1.807) is 19.1 Å². The molecule has 31 heavy (non-hydrogen) atoms. The van der Waals surface area contributed by atoms with E-state index in [2.05, 4.69) is 4.98 Å². The van der Waals surface area contributed by atoms with Crippen LogP contribution in [0.5, 0.6) is 5.75 Å². The molecule has 0 aliphatic carbocycles. The minimum Gasteiger partial charge on any atom is -0.489 e. The third-order valence-corrected chi connectivity index (χ3v) is 5.83. The zero-order chi connectivity index (χ0) is 22.6. The highest BCUT2D eigenvalue weighted by Gasteiger charge is 2.24. The third-order valence-electron chi connectivity index (χ3n) is 4.48. The lowest BCUT2D eigenvalue weighted by Gasteiger charge is -2.09. The second-order valence-electron chi connectivity index (χ2n) is 7.80. The van der Waals surface area contributed by atoms with Crippen LogP contribution in [0.4, 0.5) is 0 Å². The van der Waals surface area contributed by atoms with Crippen molar-refractivity contribution in [3.63, 3.8) is 0 Å². The lowest BCUT2D eigenvalue weighted by atomic mass is 10.1. The lowest BCUT2D eigenvalue weighted by molar-refractivity contribution is 0.0951. The summed E-state index contributed by atoms with van der Waals surface area (Å²) in [6, 6.07) is 13.8. The molecular formula is C23H26N2O5S. The van der Waals surface area contributed by atoms with Gasteiger partial charge in [0.1, 0.15) is 12.4 Å². The molecule has 1 N–H and O–H groups in total. The summed E-state index contributed by atoms with van der Waals surface area (Å²) in [5, 5.41) is 0. The number of hydrogen-bond acceptors (Lipinski definition) is 6. The van der Waals surface area contributed by atoms with Crippen LogP contribution in [0.3, 0.4) is 0 Å². The van der Waals surface area contributed by atoms with E-state index < -0.39 is 15.9 Å². The second kappa shape index (κ2) is 9.34. The molecule has 1 aromatic heterocycles. The number of nitrogens with one attached hydrogen (secondary N) is 1. The van der Waals surface area contributed by atoms with E-state index >= 15 is 0 Å². The number of rotatable bonds is 8. The summed E-state index contributed by atoms with van der Waals surface area (Å²) < 4.78 is 38.4. The normalized spacial score (nSPS) is 11.5. The van der Waals surface area contributed by atoms with Crippen molar-refractivity contribution in [2.24, 2.45) is 5.92 Å². The van der Waals surface area contributed by atoms with Gasteiger partial charge in [0.15, 0.2) is 5.89 Å². The molecule has 3 rings (SSSR count). The summed E-state index contributed by atoms with van der Waals surface area (Å²) in [7, 11) is -4.07. The number of amides is 1. The molecule has 0 unspecified atom stereocenters. The quantitative estimate of drug-likeness (QED) is 0.562. The molecule has 3 aromatic rings. The van der Waals surface area contributed by atoms with E-state index in [4.69, 9.17) is 9.15 Å². The largest absolute Gasteiger partial charge is 0.489 e. The highest BCUT2D eigenvalue weighted by molar-refractivity contribution is 7.90. The molecule has 0 aliphatic rings. The lowest BCUT2D eigenvalue weighted by Crippen LogP contribution is -2.30. The molecule has 0 atom stereocenters. The maximum atomic E-state index is 12.6. The van der Waals surface area contributed by atoms with Crippen LogP contribution in [0.25, 0.3) is 0 Å².